The number of rotatable bonds is 8. The highest BCUT2D eigenvalue weighted by atomic mass is 19.1. The van der Waals surface area contributed by atoms with E-state index in [1.807, 2.05) is 39.8 Å². The van der Waals surface area contributed by atoms with Crippen molar-refractivity contribution in [1.29, 1.82) is 0 Å². The molecular weight excluding hydrogens is 575 g/mol. The van der Waals surface area contributed by atoms with Crippen LogP contribution in [0.3, 0.4) is 0 Å². The first kappa shape index (κ1) is 31.4. The lowest BCUT2D eigenvalue weighted by atomic mass is 9.88. The summed E-state index contributed by atoms with van der Waals surface area (Å²) in [6.07, 6.45) is 2.98. The number of aromatic nitrogens is 2. The van der Waals surface area contributed by atoms with Crippen LogP contribution in [0, 0.1) is 5.82 Å². The van der Waals surface area contributed by atoms with E-state index in [1.54, 1.807) is 52.0 Å². The van der Waals surface area contributed by atoms with Crippen molar-refractivity contribution in [3.8, 4) is 17.0 Å². The van der Waals surface area contributed by atoms with Crippen LogP contribution in [0.5, 0.6) is 5.75 Å². The smallest absolute Gasteiger partial charge is 0.335 e. The molecule has 0 atom stereocenters. The highest BCUT2D eigenvalue weighted by Crippen LogP contribution is 2.33. The number of nitrogens with one attached hydrogen (secondary N) is 1. The first-order valence-electron chi connectivity index (χ1n) is 15.0. The number of carbonyl (C=O) groups excluding carboxylic acids is 2. The van der Waals surface area contributed by atoms with Gasteiger partial charge in [0.1, 0.15) is 11.6 Å². The molecule has 5 rings (SSSR count). The van der Waals surface area contributed by atoms with Crippen molar-refractivity contribution in [3.63, 3.8) is 0 Å². The molecule has 1 aromatic heterocycles. The van der Waals surface area contributed by atoms with Gasteiger partial charge in [0, 0.05) is 24.3 Å². The first-order valence-corrected chi connectivity index (χ1v) is 15.0. The van der Waals surface area contributed by atoms with Crippen molar-refractivity contribution in [2.24, 2.45) is 0 Å². The van der Waals surface area contributed by atoms with Crippen molar-refractivity contribution in [3.05, 3.63) is 101 Å². The number of ether oxygens (including phenoxy) is 1. The topological polar surface area (TPSA) is 114 Å². The number of likely N-dealkylation sites (tertiary alicyclic amines) is 1. The number of carboxylic acid groups (broad SMARTS) is 1. The number of aromatic carboxylic acids is 1. The van der Waals surface area contributed by atoms with Gasteiger partial charge in [-0.15, -0.1) is 0 Å². The lowest BCUT2D eigenvalue weighted by molar-refractivity contribution is 0.0690. The van der Waals surface area contributed by atoms with Gasteiger partial charge in [-0.3, -0.25) is 14.3 Å². The molecule has 1 fully saturated rings. The fourth-order valence-electron chi connectivity index (χ4n) is 5.65. The van der Waals surface area contributed by atoms with Crippen LogP contribution in [0.25, 0.3) is 11.3 Å². The Morgan fingerprint density at radius 3 is 2.24 bits per heavy atom. The van der Waals surface area contributed by atoms with Gasteiger partial charge in [-0.25, -0.2) is 9.18 Å². The number of benzene rings is 3. The number of nitrogens with zero attached hydrogens (tertiary/aromatic N) is 3. The molecule has 2 N–H and O–H groups in total. The number of carboxylic acids is 1. The van der Waals surface area contributed by atoms with Crippen LogP contribution in [-0.2, 0) is 5.54 Å². The minimum Gasteiger partial charge on any atom is -0.493 e. The summed E-state index contributed by atoms with van der Waals surface area (Å²) in [5.41, 5.74) is 3.16. The van der Waals surface area contributed by atoms with Crippen LogP contribution in [0.1, 0.15) is 83.1 Å². The predicted octanol–water partition coefficient (Wildman–Crippen LogP) is 6.81. The molecule has 4 aromatic rings. The molecule has 0 unspecified atom stereocenters. The Morgan fingerprint density at radius 1 is 0.978 bits per heavy atom. The maximum absolute atomic E-state index is 13.8. The van der Waals surface area contributed by atoms with Crippen LogP contribution in [0.15, 0.2) is 72.9 Å². The fourth-order valence-corrected chi connectivity index (χ4v) is 5.65. The number of amides is 2. The van der Waals surface area contributed by atoms with Crippen LogP contribution < -0.4 is 10.1 Å². The van der Waals surface area contributed by atoms with Gasteiger partial charge in [0.15, 0.2) is 0 Å². The van der Waals surface area contributed by atoms with E-state index in [2.05, 4.69) is 10.4 Å². The Labute approximate surface area is 261 Å². The van der Waals surface area contributed by atoms with Gasteiger partial charge in [-0.1, -0.05) is 12.1 Å². The van der Waals surface area contributed by atoms with Gasteiger partial charge in [0.2, 0.25) is 0 Å². The van der Waals surface area contributed by atoms with Crippen LogP contribution in [0.2, 0.25) is 0 Å². The minimum atomic E-state index is -0.959. The SMILES string of the molecule is CCOc1ccc(NC(=O)c2cnn(C(C)(C)C)c2-c2ccc(F)cc2)cc1C(=O)N1CCC(c2ccc(C(=O)O)cc2)CC1. The molecule has 2 heterocycles. The Kier molecular flexibility index (Phi) is 9.04. The third kappa shape index (κ3) is 6.90. The summed E-state index contributed by atoms with van der Waals surface area (Å²) in [5.74, 6) is -1.29. The van der Waals surface area contributed by atoms with Crippen LogP contribution in [0.4, 0.5) is 10.1 Å². The Hall–Kier alpha value is -4.99. The van der Waals surface area contributed by atoms with Crippen LogP contribution in [-0.4, -0.2) is 57.3 Å². The molecule has 0 spiro atoms. The zero-order valence-corrected chi connectivity index (χ0v) is 25.8. The zero-order valence-electron chi connectivity index (χ0n) is 25.8. The monoisotopic (exact) mass is 612 g/mol. The molecule has 2 amide bonds. The molecule has 9 nitrogen and oxygen atoms in total. The summed E-state index contributed by atoms with van der Waals surface area (Å²) in [5, 5.41) is 16.6. The third-order valence-corrected chi connectivity index (χ3v) is 7.95. The third-order valence-electron chi connectivity index (χ3n) is 7.95. The van der Waals surface area contributed by atoms with Crippen molar-refractivity contribution in [1.82, 2.24) is 14.7 Å². The summed E-state index contributed by atoms with van der Waals surface area (Å²) in [7, 11) is 0. The van der Waals surface area contributed by atoms with Gasteiger partial charge in [0.25, 0.3) is 11.8 Å². The van der Waals surface area contributed by atoms with Crippen molar-refractivity contribution >= 4 is 23.5 Å². The Bertz CT molecular complexity index is 1700. The maximum atomic E-state index is 13.8. The zero-order chi connectivity index (χ0) is 32.3. The fraction of sp³-hybridized carbons (Fsp3) is 0.314. The summed E-state index contributed by atoms with van der Waals surface area (Å²) >= 11 is 0. The largest absolute Gasteiger partial charge is 0.493 e. The highest BCUT2D eigenvalue weighted by Gasteiger charge is 2.28. The molecule has 1 aliphatic heterocycles. The summed E-state index contributed by atoms with van der Waals surface area (Å²) in [6.45, 7) is 9.17. The van der Waals surface area contributed by atoms with Gasteiger partial charge >= 0.3 is 5.97 Å². The molecule has 0 aliphatic carbocycles. The average Bonchev–Trinajstić information content (AvgIpc) is 3.49. The van der Waals surface area contributed by atoms with E-state index < -0.39 is 17.4 Å². The van der Waals surface area contributed by atoms with Gasteiger partial charge < -0.3 is 20.1 Å². The lowest BCUT2D eigenvalue weighted by Crippen LogP contribution is -2.38. The number of halogens is 1. The molecule has 1 saturated heterocycles. The standard InChI is InChI=1S/C35H37FN4O5/c1-5-45-30-15-14-27(38-32(41)29-21-37-40(35(2,3)4)31(29)24-10-12-26(36)13-11-24)20-28(30)33(42)39-18-16-23(17-19-39)22-6-8-25(9-7-22)34(43)44/h6-15,20-21,23H,5,16-19H2,1-4H3,(H,38,41)(H,43,44). The first-order chi connectivity index (χ1) is 21.5. The second-order valence-corrected chi connectivity index (χ2v) is 12.1. The number of piperidine rings is 1. The number of anilines is 1. The molecule has 0 bridgehead atoms. The molecule has 234 valence electrons. The predicted molar refractivity (Wildman–Crippen MR) is 169 cm³/mol. The van der Waals surface area contributed by atoms with E-state index in [4.69, 9.17) is 4.74 Å². The average molecular weight is 613 g/mol. The normalized spacial score (nSPS) is 13.8. The van der Waals surface area contributed by atoms with Crippen molar-refractivity contribution in [2.75, 3.05) is 25.0 Å². The number of carbonyl (C=O) groups is 3. The van der Waals surface area contributed by atoms with Crippen molar-refractivity contribution in [2.45, 2.75) is 52.0 Å². The van der Waals surface area contributed by atoms with E-state index in [0.717, 1.165) is 18.4 Å². The van der Waals surface area contributed by atoms with Crippen molar-refractivity contribution < 1.29 is 28.6 Å². The summed E-state index contributed by atoms with van der Waals surface area (Å²) in [4.78, 5) is 40.4. The van der Waals surface area contributed by atoms with E-state index >= 15 is 0 Å². The van der Waals surface area contributed by atoms with E-state index in [9.17, 15) is 23.9 Å². The molecular formula is C35H37FN4O5. The van der Waals surface area contributed by atoms with Crippen LogP contribution >= 0.6 is 0 Å². The molecule has 45 heavy (non-hydrogen) atoms. The number of hydrogen-bond acceptors (Lipinski definition) is 5. The molecule has 0 saturated carbocycles. The van der Waals surface area contributed by atoms with E-state index in [-0.39, 0.29) is 23.2 Å². The van der Waals surface area contributed by atoms with Gasteiger partial charge in [-0.2, -0.15) is 5.10 Å². The molecule has 0 radical (unpaired) electrons. The van der Waals surface area contributed by atoms with E-state index in [0.29, 0.717) is 53.5 Å². The Balaban J connectivity index is 1.36. The second kappa shape index (κ2) is 12.9. The van der Waals surface area contributed by atoms with E-state index in [1.165, 1.54) is 18.3 Å². The quantitative estimate of drug-likeness (QED) is 0.226. The molecule has 1 aliphatic rings. The Morgan fingerprint density at radius 2 is 1.64 bits per heavy atom. The molecule has 3 aromatic carbocycles. The van der Waals surface area contributed by atoms with Gasteiger partial charge in [-0.05, 0) is 107 Å². The lowest BCUT2D eigenvalue weighted by Gasteiger charge is -2.32. The second-order valence-electron chi connectivity index (χ2n) is 12.1. The van der Waals surface area contributed by atoms with Gasteiger partial charge in [0.05, 0.1) is 40.7 Å². The summed E-state index contributed by atoms with van der Waals surface area (Å²) < 4.78 is 21.2. The minimum absolute atomic E-state index is 0.193. The number of hydrogen-bond donors (Lipinski definition) is 2. The maximum Gasteiger partial charge on any atom is 0.335 e. The molecule has 10 heteroatoms. The highest BCUT2D eigenvalue weighted by molar-refractivity contribution is 6.09. The summed E-state index contributed by atoms with van der Waals surface area (Å²) in [6, 6.07) is 17.9.